The lowest BCUT2D eigenvalue weighted by atomic mass is 9.81. The first-order valence-corrected chi connectivity index (χ1v) is 21.2. The number of ether oxygens (including phenoxy) is 2. The second-order valence-corrected chi connectivity index (χ2v) is 18.8. The van der Waals surface area contributed by atoms with Crippen LogP contribution in [0.15, 0.2) is 36.5 Å². The zero-order chi connectivity index (χ0) is 42.5. The van der Waals surface area contributed by atoms with E-state index in [1.807, 2.05) is 13.0 Å². The maximum absolute atomic E-state index is 15.4. The topological polar surface area (TPSA) is 185 Å². The summed E-state index contributed by atoms with van der Waals surface area (Å²) in [5.41, 5.74) is -4.09. The van der Waals surface area contributed by atoms with Gasteiger partial charge >= 0.3 is 6.09 Å². The molecule has 0 unspecified atom stereocenters. The summed E-state index contributed by atoms with van der Waals surface area (Å²) in [4.78, 5) is 62.7. The van der Waals surface area contributed by atoms with E-state index < -0.39 is 91.9 Å². The maximum Gasteiger partial charge on any atom is 0.408 e. The van der Waals surface area contributed by atoms with Crippen LogP contribution < -0.4 is 19.5 Å². The van der Waals surface area contributed by atoms with E-state index in [0.29, 0.717) is 42.9 Å². The Kier molecular flexibility index (Phi) is 11.8. The SMILES string of the molecule is CC[C@@H]1C[C@@H](C)CCC=C[C@@H]2C[C@@]2(C(=O)NS(=O)(=O)C2CC2)NC(=O)[C@@H]2C[C@@H](Oc3nccc4cc(OC)c(F)cc34)CN2C(=O)[C@H]1N(C(=O)O)C(C)(C)C(C)(F)F. The van der Waals surface area contributed by atoms with E-state index in [1.165, 1.54) is 25.4 Å². The standard InChI is InChI=1S/C40H52F3N5O9S/c1-7-23-16-22(2)10-8-9-11-25-20-40(25,36(51)46-58(54,55)27-12-13-27)45-33(49)30-18-26(57-34-28-19-29(41)31(56-6)17-24(28)14-15-44-34)21-47(30)35(50)32(23)48(37(52)53)38(3,4)39(5,42)43/h9,11,14-15,17,19,22-23,25-27,30,32H,7-8,10,12-13,16,18,20-21H2,1-6H3,(H,45,49)(H,46,51)(H,52,53)/t22-,23+,25+,26+,30-,32-,40+/m0/s1. The van der Waals surface area contributed by atoms with Crippen LogP contribution in [0.4, 0.5) is 18.0 Å². The molecular formula is C40H52F3N5O9S. The summed E-state index contributed by atoms with van der Waals surface area (Å²) in [5.74, 6) is -8.54. The normalized spacial score (nSPS) is 28.4. The molecule has 1 aromatic heterocycles. The van der Waals surface area contributed by atoms with E-state index in [-0.39, 0.29) is 55.2 Å². The first kappa shape index (κ1) is 43.0. The highest BCUT2D eigenvalue weighted by molar-refractivity contribution is 7.91. The number of fused-ring (bicyclic) bond motifs is 3. The zero-order valence-electron chi connectivity index (χ0n) is 33.5. The van der Waals surface area contributed by atoms with Gasteiger partial charge in [0.15, 0.2) is 11.6 Å². The van der Waals surface area contributed by atoms with Gasteiger partial charge in [-0.1, -0.05) is 32.4 Å². The molecule has 0 spiro atoms. The fourth-order valence-electron chi connectivity index (χ4n) is 8.30. The summed E-state index contributed by atoms with van der Waals surface area (Å²) < 4.78 is 85.1. The fourth-order valence-corrected chi connectivity index (χ4v) is 9.67. The minimum atomic E-state index is -4.02. The van der Waals surface area contributed by atoms with Crippen LogP contribution >= 0.6 is 0 Å². The van der Waals surface area contributed by atoms with Crippen LogP contribution in [-0.4, -0.2) is 106 Å². The number of carboxylic acid groups (broad SMARTS) is 1. The second-order valence-electron chi connectivity index (χ2n) is 16.8. The molecule has 0 bridgehead atoms. The van der Waals surface area contributed by atoms with Crippen LogP contribution in [0, 0.1) is 23.6 Å². The molecule has 2 saturated carbocycles. The summed E-state index contributed by atoms with van der Waals surface area (Å²) >= 11 is 0. The lowest BCUT2D eigenvalue weighted by Gasteiger charge is -2.47. The highest BCUT2D eigenvalue weighted by Gasteiger charge is 2.63. The van der Waals surface area contributed by atoms with Crippen LogP contribution in [0.25, 0.3) is 10.8 Å². The van der Waals surface area contributed by atoms with E-state index in [0.717, 1.165) is 18.7 Å². The molecule has 3 heterocycles. The number of nitrogens with zero attached hydrogens (tertiary/aromatic N) is 3. The zero-order valence-corrected chi connectivity index (χ0v) is 34.3. The molecule has 2 aliphatic carbocycles. The number of amides is 4. The molecule has 18 heteroatoms. The lowest BCUT2D eigenvalue weighted by Crippen LogP contribution is -2.67. The van der Waals surface area contributed by atoms with Crippen LogP contribution in [0.1, 0.15) is 86.0 Å². The molecular weight excluding hydrogens is 784 g/mol. The van der Waals surface area contributed by atoms with Gasteiger partial charge in [-0.15, -0.1) is 0 Å². The van der Waals surface area contributed by atoms with E-state index in [1.54, 1.807) is 19.1 Å². The average molecular weight is 836 g/mol. The van der Waals surface area contributed by atoms with Crippen LogP contribution in [0.3, 0.4) is 0 Å². The molecule has 7 atom stereocenters. The monoisotopic (exact) mass is 835 g/mol. The molecule has 318 valence electrons. The molecule has 3 N–H and O–H groups in total. The first-order valence-electron chi connectivity index (χ1n) is 19.7. The number of carbonyl (C=O) groups is 4. The van der Waals surface area contributed by atoms with E-state index in [2.05, 4.69) is 15.0 Å². The minimum Gasteiger partial charge on any atom is -0.494 e. The summed E-state index contributed by atoms with van der Waals surface area (Å²) in [5, 5.41) is 13.5. The van der Waals surface area contributed by atoms with Gasteiger partial charge in [0.2, 0.25) is 27.7 Å². The lowest BCUT2D eigenvalue weighted by molar-refractivity contribution is -0.157. The Morgan fingerprint density at radius 1 is 1.16 bits per heavy atom. The van der Waals surface area contributed by atoms with Crippen molar-refractivity contribution in [3.63, 3.8) is 0 Å². The number of hydrogen-bond acceptors (Lipinski definition) is 9. The van der Waals surface area contributed by atoms with Crippen molar-refractivity contribution in [2.45, 2.75) is 126 Å². The predicted molar refractivity (Wildman–Crippen MR) is 206 cm³/mol. The van der Waals surface area contributed by atoms with Crippen molar-refractivity contribution >= 4 is 44.6 Å². The smallest absolute Gasteiger partial charge is 0.408 e. The van der Waals surface area contributed by atoms with Gasteiger partial charge in [0.25, 0.3) is 11.8 Å². The number of benzene rings is 1. The van der Waals surface area contributed by atoms with Gasteiger partial charge in [-0.25, -0.2) is 31.4 Å². The van der Waals surface area contributed by atoms with Gasteiger partial charge in [0, 0.05) is 30.8 Å². The summed E-state index contributed by atoms with van der Waals surface area (Å²) in [6, 6.07) is 1.10. The number of sulfonamides is 1. The quantitative estimate of drug-likeness (QED) is 0.262. The van der Waals surface area contributed by atoms with Gasteiger partial charge in [0.1, 0.15) is 29.3 Å². The van der Waals surface area contributed by atoms with Crippen molar-refractivity contribution in [1.82, 2.24) is 24.8 Å². The number of alkyl halides is 2. The van der Waals surface area contributed by atoms with Crippen LogP contribution in [-0.2, 0) is 24.4 Å². The van der Waals surface area contributed by atoms with E-state index in [9.17, 15) is 32.3 Å². The van der Waals surface area contributed by atoms with Gasteiger partial charge in [-0.05, 0) is 87.8 Å². The maximum atomic E-state index is 15.4. The third kappa shape index (κ3) is 8.30. The summed E-state index contributed by atoms with van der Waals surface area (Å²) in [7, 11) is -2.70. The molecule has 1 saturated heterocycles. The number of pyridine rings is 1. The number of halogens is 3. The molecule has 2 aromatic rings. The van der Waals surface area contributed by atoms with Crippen molar-refractivity contribution < 1.29 is 55.3 Å². The highest BCUT2D eigenvalue weighted by Crippen LogP contribution is 2.47. The summed E-state index contributed by atoms with van der Waals surface area (Å²) in [6.07, 6.45) is 4.45. The largest absolute Gasteiger partial charge is 0.494 e. The van der Waals surface area contributed by atoms with Crippen LogP contribution in [0.5, 0.6) is 11.6 Å². The van der Waals surface area contributed by atoms with Crippen LogP contribution in [0.2, 0.25) is 0 Å². The predicted octanol–water partition coefficient (Wildman–Crippen LogP) is 5.40. The Labute approximate surface area is 335 Å². The number of nitrogens with one attached hydrogen (secondary N) is 2. The molecule has 0 radical (unpaired) electrons. The molecule has 2 aliphatic heterocycles. The Morgan fingerprint density at radius 3 is 2.48 bits per heavy atom. The van der Waals surface area contributed by atoms with Crippen molar-refractivity contribution in [2.24, 2.45) is 17.8 Å². The van der Waals surface area contributed by atoms with E-state index in [4.69, 9.17) is 9.47 Å². The Hall–Kier alpha value is -4.61. The minimum absolute atomic E-state index is 0.0239. The molecule has 3 fully saturated rings. The Morgan fingerprint density at radius 2 is 1.86 bits per heavy atom. The molecule has 4 amide bonds. The number of methoxy groups -OCH3 is 1. The molecule has 58 heavy (non-hydrogen) atoms. The molecule has 6 rings (SSSR count). The average Bonchev–Trinajstić information content (AvgIpc) is 4.07. The summed E-state index contributed by atoms with van der Waals surface area (Å²) in [6.45, 7) is 6.01. The number of rotatable bonds is 10. The molecule has 4 aliphatic rings. The van der Waals surface area contributed by atoms with Gasteiger partial charge in [-0.3, -0.25) is 24.0 Å². The van der Waals surface area contributed by atoms with E-state index >= 15 is 13.6 Å². The number of hydrogen-bond donors (Lipinski definition) is 3. The number of aromatic nitrogens is 1. The second kappa shape index (κ2) is 15.9. The van der Waals surface area contributed by atoms with Gasteiger partial charge in [0.05, 0.1) is 18.9 Å². The third-order valence-corrected chi connectivity index (χ3v) is 14.2. The molecule has 14 nitrogen and oxygen atoms in total. The van der Waals surface area contributed by atoms with Crippen molar-refractivity contribution in [1.29, 1.82) is 0 Å². The Balaban J connectivity index is 1.44. The van der Waals surface area contributed by atoms with Crippen molar-refractivity contribution in [3.05, 3.63) is 42.4 Å². The molecule has 1 aromatic carbocycles. The highest BCUT2D eigenvalue weighted by atomic mass is 32.2. The van der Waals surface area contributed by atoms with Gasteiger partial charge in [-0.2, -0.15) is 0 Å². The number of allylic oxidation sites excluding steroid dienone is 1. The number of carbonyl (C=O) groups excluding carboxylic acids is 3. The van der Waals surface area contributed by atoms with Gasteiger partial charge < -0.3 is 24.8 Å². The Bertz CT molecular complexity index is 2090. The third-order valence-electron chi connectivity index (χ3n) is 12.4. The van der Waals surface area contributed by atoms with Crippen molar-refractivity contribution in [3.8, 4) is 11.6 Å². The first-order chi connectivity index (χ1) is 27.1. The van der Waals surface area contributed by atoms with Crippen molar-refractivity contribution in [2.75, 3.05) is 13.7 Å². The fraction of sp³-hybridized carbons (Fsp3) is 0.625.